The maximum atomic E-state index is 13.8. The minimum absolute atomic E-state index is 0.126. The quantitative estimate of drug-likeness (QED) is 0.583. The summed E-state index contributed by atoms with van der Waals surface area (Å²) in [6.45, 7) is 0. The predicted octanol–water partition coefficient (Wildman–Crippen LogP) is 4.31. The summed E-state index contributed by atoms with van der Waals surface area (Å²) in [7, 11) is 1.68. The lowest BCUT2D eigenvalue weighted by Gasteiger charge is -2.45. The Morgan fingerprint density at radius 2 is 1.86 bits per heavy atom. The highest BCUT2D eigenvalue weighted by Crippen LogP contribution is 2.52. The molecule has 0 saturated carbocycles. The molecule has 174 valence electrons. The van der Waals surface area contributed by atoms with Gasteiger partial charge in [-0.05, 0) is 65.8 Å². The first-order valence-corrected chi connectivity index (χ1v) is 12.0. The fourth-order valence-corrected chi connectivity index (χ4v) is 5.96. The predicted molar refractivity (Wildman–Crippen MR) is 134 cm³/mol. The molecule has 0 fully saturated rings. The summed E-state index contributed by atoms with van der Waals surface area (Å²) in [6.07, 6.45) is 3.97. The van der Waals surface area contributed by atoms with E-state index < -0.39 is 11.1 Å². The molecule has 6 nitrogen and oxygen atoms in total. The molecule has 3 aliphatic rings. The van der Waals surface area contributed by atoms with Crippen LogP contribution in [0.1, 0.15) is 41.5 Å². The second kappa shape index (κ2) is 7.71. The molecule has 2 heterocycles. The molecule has 2 spiro atoms. The molecule has 2 unspecified atom stereocenters. The first-order chi connectivity index (χ1) is 16.9. The number of rotatable bonds is 1. The number of guanidine groups is 1. The number of nitriles is 1. The number of hydrogen-bond donors (Lipinski definition) is 1. The van der Waals surface area contributed by atoms with Crippen molar-refractivity contribution in [2.45, 2.75) is 43.2 Å². The van der Waals surface area contributed by atoms with E-state index in [-0.39, 0.29) is 11.9 Å². The Morgan fingerprint density at radius 1 is 1.06 bits per heavy atom. The number of ether oxygens (including phenoxy) is 1. The summed E-state index contributed by atoms with van der Waals surface area (Å²) in [6, 6.07) is 24.1. The van der Waals surface area contributed by atoms with Crippen LogP contribution in [0.3, 0.4) is 0 Å². The van der Waals surface area contributed by atoms with Gasteiger partial charge in [0.1, 0.15) is 11.4 Å². The summed E-state index contributed by atoms with van der Waals surface area (Å²) in [5, 5.41) is 9.34. The number of nitrogens with zero attached hydrogens (tertiary/aromatic N) is 3. The van der Waals surface area contributed by atoms with Crippen LogP contribution in [0.2, 0.25) is 0 Å². The van der Waals surface area contributed by atoms with Crippen LogP contribution in [0.25, 0.3) is 11.1 Å². The molecule has 0 saturated heterocycles. The fourth-order valence-electron chi connectivity index (χ4n) is 5.96. The van der Waals surface area contributed by atoms with Crippen LogP contribution in [0.15, 0.2) is 71.7 Å². The van der Waals surface area contributed by atoms with Gasteiger partial charge in [0.05, 0.1) is 11.6 Å². The second-order valence-electron chi connectivity index (χ2n) is 9.86. The number of benzene rings is 3. The standard InChI is InChI=1S/C29H26N4O2/c1-33-26(34)29(32-27(33)31)18-28(13-5-10-20-7-2-3-8-23(20)16-28)35-25-12-11-22(15-24(25)29)21-9-4-6-19(14-21)17-30/h2-4,6-9,11-12,14-15H,5,10,13,16,18H2,1H3,(H2,31,32). The Kier molecular flexibility index (Phi) is 4.72. The number of carbonyl (C=O) groups excluding carboxylic acids is 1. The maximum absolute atomic E-state index is 13.8. The number of aliphatic imine (C=N–C) groups is 1. The van der Waals surface area contributed by atoms with Gasteiger partial charge in [-0.25, -0.2) is 4.99 Å². The van der Waals surface area contributed by atoms with Crippen molar-refractivity contribution in [1.29, 1.82) is 5.26 Å². The van der Waals surface area contributed by atoms with Gasteiger partial charge in [0.2, 0.25) is 0 Å². The van der Waals surface area contributed by atoms with E-state index in [1.807, 2.05) is 36.4 Å². The van der Waals surface area contributed by atoms with Crippen molar-refractivity contribution in [3.05, 3.63) is 89.0 Å². The Labute approximate surface area is 204 Å². The minimum Gasteiger partial charge on any atom is -0.486 e. The van der Waals surface area contributed by atoms with Gasteiger partial charge in [0.25, 0.3) is 5.91 Å². The molecule has 0 bridgehead atoms. The molecule has 0 aromatic heterocycles. The topological polar surface area (TPSA) is 91.7 Å². The summed E-state index contributed by atoms with van der Waals surface area (Å²) in [4.78, 5) is 20.1. The summed E-state index contributed by atoms with van der Waals surface area (Å²) >= 11 is 0. The van der Waals surface area contributed by atoms with E-state index in [2.05, 4.69) is 30.3 Å². The number of carbonyl (C=O) groups is 1. The Morgan fingerprint density at radius 3 is 2.63 bits per heavy atom. The highest BCUT2D eigenvalue weighted by Gasteiger charge is 2.58. The van der Waals surface area contributed by atoms with E-state index >= 15 is 0 Å². The molecular formula is C29H26N4O2. The molecule has 6 heteroatoms. The van der Waals surface area contributed by atoms with Gasteiger partial charge in [0, 0.05) is 25.5 Å². The van der Waals surface area contributed by atoms with E-state index in [1.165, 1.54) is 16.0 Å². The summed E-state index contributed by atoms with van der Waals surface area (Å²) in [5.41, 5.74) is 10.3. The van der Waals surface area contributed by atoms with Gasteiger partial charge in [-0.1, -0.05) is 42.5 Å². The molecule has 2 N–H and O–H groups in total. The Hall–Kier alpha value is -4.11. The largest absolute Gasteiger partial charge is 0.486 e. The lowest BCUT2D eigenvalue weighted by atomic mass is 9.72. The number of hydrogen-bond acceptors (Lipinski definition) is 5. The van der Waals surface area contributed by atoms with Crippen molar-refractivity contribution in [1.82, 2.24) is 4.90 Å². The third-order valence-electron chi connectivity index (χ3n) is 7.67. The number of fused-ring (bicyclic) bond motifs is 3. The van der Waals surface area contributed by atoms with Crippen LogP contribution in [0.4, 0.5) is 0 Å². The van der Waals surface area contributed by atoms with Gasteiger partial charge in [-0.15, -0.1) is 0 Å². The van der Waals surface area contributed by atoms with Crippen LogP contribution in [0, 0.1) is 11.3 Å². The zero-order valence-electron chi connectivity index (χ0n) is 19.6. The van der Waals surface area contributed by atoms with Crippen LogP contribution in [-0.4, -0.2) is 29.4 Å². The fraction of sp³-hybridized carbons (Fsp3) is 0.276. The average Bonchev–Trinajstić information content (AvgIpc) is 3.00. The van der Waals surface area contributed by atoms with Gasteiger partial charge in [0.15, 0.2) is 11.5 Å². The van der Waals surface area contributed by atoms with Gasteiger partial charge in [-0.3, -0.25) is 9.69 Å². The normalized spacial score (nSPS) is 24.9. The lowest BCUT2D eigenvalue weighted by molar-refractivity contribution is -0.134. The molecule has 1 aliphatic carbocycles. The summed E-state index contributed by atoms with van der Waals surface area (Å²) < 4.78 is 6.81. The molecule has 1 amide bonds. The van der Waals surface area contributed by atoms with E-state index in [0.29, 0.717) is 17.7 Å². The second-order valence-corrected chi connectivity index (χ2v) is 9.86. The molecule has 2 atom stereocenters. The van der Waals surface area contributed by atoms with Crippen LogP contribution < -0.4 is 10.5 Å². The highest BCUT2D eigenvalue weighted by molar-refractivity contribution is 6.07. The Bertz CT molecular complexity index is 1440. The van der Waals surface area contributed by atoms with E-state index in [4.69, 9.17) is 15.5 Å². The summed E-state index contributed by atoms with van der Waals surface area (Å²) in [5.74, 6) is 0.777. The van der Waals surface area contributed by atoms with Crippen LogP contribution >= 0.6 is 0 Å². The molecule has 3 aromatic rings. The first-order valence-electron chi connectivity index (χ1n) is 12.0. The number of amides is 1. The number of nitrogens with two attached hydrogens (primary N) is 1. The zero-order chi connectivity index (χ0) is 24.2. The van der Waals surface area contributed by atoms with Crippen molar-refractivity contribution >= 4 is 11.9 Å². The van der Waals surface area contributed by atoms with Gasteiger partial charge >= 0.3 is 0 Å². The molecule has 0 radical (unpaired) electrons. The van der Waals surface area contributed by atoms with Crippen molar-refractivity contribution in [2.75, 3.05) is 7.05 Å². The number of aryl methyl sites for hydroxylation is 1. The maximum Gasteiger partial charge on any atom is 0.261 e. The van der Waals surface area contributed by atoms with E-state index in [1.54, 1.807) is 13.1 Å². The minimum atomic E-state index is -1.13. The van der Waals surface area contributed by atoms with Crippen LogP contribution in [-0.2, 0) is 23.2 Å². The highest BCUT2D eigenvalue weighted by atomic mass is 16.5. The zero-order valence-corrected chi connectivity index (χ0v) is 19.6. The molecule has 2 aliphatic heterocycles. The van der Waals surface area contributed by atoms with Crippen molar-refractivity contribution in [3.63, 3.8) is 0 Å². The lowest BCUT2D eigenvalue weighted by Crippen LogP contribution is -2.52. The third-order valence-corrected chi connectivity index (χ3v) is 7.67. The first kappa shape index (κ1) is 21.4. The molecule has 35 heavy (non-hydrogen) atoms. The third kappa shape index (κ3) is 3.30. The van der Waals surface area contributed by atoms with E-state index in [9.17, 15) is 10.1 Å². The van der Waals surface area contributed by atoms with E-state index in [0.717, 1.165) is 42.4 Å². The molecular weight excluding hydrogens is 436 g/mol. The monoisotopic (exact) mass is 462 g/mol. The number of likely N-dealkylation sites (N-methyl/N-ethyl adjacent to an activating group) is 1. The average molecular weight is 463 g/mol. The van der Waals surface area contributed by atoms with Gasteiger partial charge < -0.3 is 10.5 Å². The smallest absolute Gasteiger partial charge is 0.261 e. The molecule has 6 rings (SSSR count). The van der Waals surface area contributed by atoms with Crippen molar-refractivity contribution in [3.8, 4) is 22.9 Å². The van der Waals surface area contributed by atoms with Gasteiger partial charge in [-0.2, -0.15) is 5.26 Å². The SMILES string of the molecule is CN1C(=O)C2(CC3(CCCc4ccccc4C3)Oc3ccc(-c4cccc(C#N)c4)cc32)N=C1N. The Balaban J connectivity index is 1.51. The van der Waals surface area contributed by atoms with Crippen molar-refractivity contribution < 1.29 is 9.53 Å². The van der Waals surface area contributed by atoms with Crippen LogP contribution in [0.5, 0.6) is 5.75 Å². The van der Waals surface area contributed by atoms with Crippen molar-refractivity contribution in [2.24, 2.45) is 10.7 Å². The molecule has 3 aromatic carbocycles.